The number of hydrogen-bond donors (Lipinski definition) is 1. The third-order valence-corrected chi connectivity index (χ3v) is 5.34. The van der Waals surface area contributed by atoms with E-state index in [2.05, 4.69) is 24.1 Å². The van der Waals surface area contributed by atoms with E-state index >= 15 is 0 Å². The van der Waals surface area contributed by atoms with Gasteiger partial charge in [0.05, 0.1) is 0 Å². The van der Waals surface area contributed by atoms with E-state index in [0.717, 1.165) is 17.2 Å². The van der Waals surface area contributed by atoms with Crippen molar-refractivity contribution in [3.8, 4) is 0 Å². The third-order valence-electron chi connectivity index (χ3n) is 5.34. The first-order valence-corrected chi connectivity index (χ1v) is 10.3. The van der Waals surface area contributed by atoms with Crippen LogP contribution in [-0.4, -0.2) is 66.5 Å². The molecule has 1 aromatic heterocycles. The smallest absolute Gasteiger partial charge is 0.355 e. The van der Waals surface area contributed by atoms with Crippen molar-refractivity contribution in [3.63, 3.8) is 0 Å². The molecule has 174 valence electrons. The lowest BCUT2D eigenvalue weighted by molar-refractivity contribution is -0.140. The van der Waals surface area contributed by atoms with E-state index in [4.69, 9.17) is 0 Å². The Morgan fingerprint density at radius 3 is 2.35 bits per heavy atom. The topological polar surface area (TPSA) is 74.7 Å². The first-order valence-electron chi connectivity index (χ1n) is 10.3. The molecule has 1 aliphatic rings. The number of nitrogens with one attached hydrogen (secondary N) is 1. The summed E-state index contributed by atoms with van der Waals surface area (Å²) in [6.45, 7) is 5.71. The van der Waals surface area contributed by atoms with Gasteiger partial charge >= 0.3 is 6.18 Å². The van der Waals surface area contributed by atoms with Gasteiger partial charge in [-0.15, -0.1) is 0 Å². The number of rotatable bonds is 7. The Labute approximate surface area is 180 Å². The summed E-state index contributed by atoms with van der Waals surface area (Å²) in [5, 5.41) is 2.99. The number of amides is 2. The van der Waals surface area contributed by atoms with Gasteiger partial charge in [-0.25, -0.2) is 0 Å². The highest BCUT2D eigenvalue weighted by Gasteiger charge is 2.35. The van der Waals surface area contributed by atoms with Crippen LogP contribution in [0.2, 0.25) is 0 Å². The molecule has 10 heteroatoms. The van der Waals surface area contributed by atoms with Crippen LogP contribution in [0.3, 0.4) is 0 Å². The second-order valence-electron chi connectivity index (χ2n) is 9.13. The van der Waals surface area contributed by atoms with Crippen LogP contribution in [-0.2, 0) is 22.3 Å². The van der Waals surface area contributed by atoms with E-state index in [0.29, 0.717) is 38.5 Å². The monoisotopic (exact) mass is 444 g/mol. The number of aromatic nitrogens is 1. The molecule has 0 aromatic carbocycles. The van der Waals surface area contributed by atoms with Crippen LogP contribution in [0.1, 0.15) is 32.3 Å². The van der Waals surface area contributed by atoms with Crippen molar-refractivity contribution in [2.75, 3.05) is 40.3 Å². The molecule has 2 rings (SSSR count). The minimum atomic E-state index is -4.77. The standard InChI is InChI=1S/C21H31F3N4O3/c1-20(2,14-26(3)4)13-25-18(30)15-7-10-27(11-8-15)17(29)12-28-9-5-6-16(19(28)31)21(22,23)24/h5-6,9,15H,7-8,10-14H2,1-4H3,(H,25,30). The SMILES string of the molecule is CN(C)CC(C)(C)CNC(=O)C1CCN(C(=O)Cn2cccc(C(F)(F)F)c2=O)CC1. The summed E-state index contributed by atoms with van der Waals surface area (Å²) in [6, 6.07) is 1.80. The average molecular weight is 444 g/mol. The van der Waals surface area contributed by atoms with Crippen LogP contribution in [0.4, 0.5) is 13.2 Å². The number of halogens is 3. The molecule has 0 bridgehead atoms. The van der Waals surface area contributed by atoms with Gasteiger partial charge in [-0.2, -0.15) is 13.2 Å². The van der Waals surface area contributed by atoms with E-state index in [1.54, 1.807) is 0 Å². The van der Waals surface area contributed by atoms with Crippen LogP contribution < -0.4 is 10.9 Å². The van der Waals surface area contributed by atoms with Crippen molar-refractivity contribution < 1.29 is 22.8 Å². The first kappa shape index (κ1) is 24.9. The number of carbonyl (C=O) groups excluding carboxylic acids is 2. The molecule has 1 aromatic rings. The van der Waals surface area contributed by atoms with E-state index in [9.17, 15) is 27.6 Å². The minimum Gasteiger partial charge on any atom is -0.355 e. The Morgan fingerprint density at radius 2 is 1.81 bits per heavy atom. The molecule has 0 aliphatic carbocycles. The molecule has 1 N–H and O–H groups in total. The predicted octanol–water partition coefficient (Wildman–Crippen LogP) is 1.81. The van der Waals surface area contributed by atoms with Crippen molar-refractivity contribution in [1.29, 1.82) is 0 Å². The van der Waals surface area contributed by atoms with Gasteiger partial charge in [-0.05, 0) is 44.5 Å². The van der Waals surface area contributed by atoms with Crippen molar-refractivity contribution in [3.05, 3.63) is 34.2 Å². The lowest BCUT2D eigenvalue weighted by Crippen LogP contribution is -2.47. The fraction of sp³-hybridized carbons (Fsp3) is 0.667. The molecule has 31 heavy (non-hydrogen) atoms. The van der Waals surface area contributed by atoms with Crippen LogP contribution in [0, 0.1) is 11.3 Å². The van der Waals surface area contributed by atoms with Gasteiger partial charge in [0, 0.05) is 38.3 Å². The summed E-state index contributed by atoms with van der Waals surface area (Å²) >= 11 is 0. The Hall–Kier alpha value is -2.36. The quantitative estimate of drug-likeness (QED) is 0.696. The number of piperidine rings is 1. The van der Waals surface area contributed by atoms with Gasteiger partial charge in [0.1, 0.15) is 12.1 Å². The number of nitrogens with zero attached hydrogens (tertiary/aromatic N) is 3. The molecule has 7 nitrogen and oxygen atoms in total. The highest BCUT2D eigenvalue weighted by molar-refractivity contribution is 5.80. The normalized spacial score (nSPS) is 15.9. The van der Waals surface area contributed by atoms with E-state index in [1.165, 1.54) is 11.1 Å². The number of likely N-dealkylation sites (tertiary alicyclic amines) is 1. The van der Waals surface area contributed by atoms with Crippen molar-refractivity contribution >= 4 is 11.8 Å². The summed E-state index contributed by atoms with van der Waals surface area (Å²) in [5.74, 6) is -0.698. The van der Waals surface area contributed by atoms with Crippen LogP contribution in [0.15, 0.2) is 23.1 Å². The Balaban J connectivity index is 1.88. The molecule has 0 saturated carbocycles. The average Bonchev–Trinajstić information content (AvgIpc) is 2.66. The number of alkyl halides is 3. The summed E-state index contributed by atoms with van der Waals surface area (Å²) in [6.07, 6.45) is -2.65. The van der Waals surface area contributed by atoms with Gasteiger partial charge in [0.15, 0.2) is 0 Å². The molecule has 2 heterocycles. The predicted molar refractivity (Wildman–Crippen MR) is 110 cm³/mol. The van der Waals surface area contributed by atoms with Crippen LogP contribution in [0.25, 0.3) is 0 Å². The second-order valence-corrected chi connectivity index (χ2v) is 9.13. The minimum absolute atomic E-state index is 0.0481. The summed E-state index contributed by atoms with van der Waals surface area (Å²) in [7, 11) is 3.95. The van der Waals surface area contributed by atoms with E-state index in [-0.39, 0.29) is 17.2 Å². The Morgan fingerprint density at radius 1 is 1.19 bits per heavy atom. The molecular weight excluding hydrogens is 413 g/mol. The molecule has 0 unspecified atom stereocenters. The lowest BCUT2D eigenvalue weighted by atomic mass is 9.91. The molecule has 0 atom stereocenters. The maximum Gasteiger partial charge on any atom is 0.421 e. The molecule has 0 radical (unpaired) electrons. The summed E-state index contributed by atoms with van der Waals surface area (Å²) in [5.41, 5.74) is -2.61. The van der Waals surface area contributed by atoms with Gasteiger partial charge in [-0.1, -0.05) is 13.8 Å². The van der Waals surface area contributed by atoms with Gasteiger partial charge in [-0.3, -0.25) is 14.4 Å². The Kier molecular flexibility index (Phi) is 7.91. The summed E-state index contributed by atoms with van der Waals surface area (Å²) < 4.78 is 39.4. The zero-order valence-electron chi connectivity index (χ0n) is 18.5. The van der Waals surface area contributed by atoms with Crippen molar-refractivity contribution in [2.45, 2.75) is 39.4 Å². The van der Waals surface area contributed by atoms with Crippen LogP contribution in [0.5, 0.6) is 0 Å². The molecule has 1 aliphatic heterocycles. The maximum atomic E-state index is 12.9. The third kappa shape index (κ3) is 7.09. The fourth-order valence-electron chi connectivity index (χ4n) is 3.90. The number of carbonyl (C=O) groups is 2. The van der Waals surface area contributed by atoms with E-state index in [1.807, 2.05) is 14.1 Å². The Bertz CT molecular complexity index is 841. The van der Waals surface area contributed by atoms with Crippen LogP contribution >= 0.6 is 0 Å². The molecule has 1 saturated heterocycles. The zero-order chi connectivity index (χ0) is 23.4. The van der Waals surface area contributed by atoms with Crippen molar-refractivity contribution in [1.82, 2.24) is 19.7 Å². The number of pyridine rings is 1. The molecule has 2 amide bonds. The van der Waals surface area contributed by atoms with Gasteiger partial charge in [0.2, 0.25) is 11.8 Å². The lowest BCUT2D eigenvalue weighted by Gasteiger charge is -2.33. The molecule has 0 spiro atoms. The first-order chi connectivity index (χ1) is 14.3. The summed E-state index contributed by atoms with van der Waals surface area (Å²) in [4.78, 5) is 40.6. The highest BCUT2D eigenvalue weighted by Crippen LogP contribution is 2.26. The molecule has 1 fully saturated rings. The van der Waals surface area contributed by atoms with Gasteiger partial charge < -0.3 is 19.7 Å². The maximum absolute atomic E-state index is 12.9. The molecular formula is C21H31F3N4O3. The zero-order valence-corrected chi connectivity index (χ0v) is 18.5. The second kappa shape index (κ2) is 9.84. The number of hydrogen-bond acceptors (Lipinski definition) is 4. The largest absolute Gasteiger partial charge is 0.421 e. The van der Waals surface area contributed by atoms with Crippen molar-refractivity contribution in [2.24, 2.45) is 11.3 Å². The van der Waals surface area contributed by atoms with E-state index < -0.39 is 29.8 Å². The highest BCUT2D eigenvalue weighted by atomic mass is 19.4. The fourth-order valence-corrected chi connectivity index (χ4v) is 3.90. The van der Waals surface area contributed by atoms with Gasteiger partial charge in [0.25, 0.3) is 5.56 Å².